The number of rotatable bonds is 73. The third-order valence-electron chi connectivity index (χ3n) is 16.1. The van der Waals surface area contributed by atoms with Crippen LogP contribution in [0.3, 0.4) is 0 Å². The summed E-state index contributed by atoms with van der Waals surface area (Å²) in [5.41, 5.74) is 0. The zero-order chi connectivity index (χ0) is 72.3. The number of phosphoric acid groups is 2. The molecule has 18 heteroatoms. The van der Waals surface area contributed by atoms with Gasteiger partial charge in [-0.25, -0.2) is 9.13 Å². The molecular formula is C81H140O16P2. The van der Waals surface area contributed by atoms with E-state index in [-0.39, 0.29) is 19.3 Å². The summed E-state index contributed by atoms with van der Waals surface area (Å²) < 4.78 is 61.1. The maximum absolute atomic E-state index is 13.0. The lowest BCUT2D eigenvalue weighted by Crippen LogP contribution is -2.30. The Hall–Kier alpha value is -4.05. The second-order valence-electron chi connectivity index (χ2n) is 25.8. The van der Waals surface area contributed by atoms with Gasteiger partial charge in [-0.2, -0.15) is 0 Å². The lowest BCUT2D eigenvalue weighted by molar-refractivity contribution is -0.161. The minimum Gasteiger partial charge on any atom is -0.463 e. The summed E-state index contributed by atoms with van der Waals surface area (Å²) in [6.45, 7) is 2.57. The largest absolute Gasteiger partial charge is 0.472 e. The molecular weight excluding hydrogens is 1290 g/mol. The lowest BCUT2D eigenvalue weighted by atomic mass is 10.1. The fourth-order valence-electron chi connectivity index (χ4n) is 10.2. The van der Waals surface area contributed by atoms with E-state index in [4.69, 9.17) is 32.3 Å². The van der Waals surface area contributed by atoms with Gasteiger partial charge in [0.1, 0.15) is 25.4 Å². The van der Waals surface area contributed by atoms with Crippen LogP contribution >= 0.6 is 15.6 Å². The van der Waals surface area contributed by atoms with Gasteiger partial charge in [0, 0.05) is 19.3 Å². The van der Waals surface area contributed by atoms with Crippen LogP contribution < -0.4 is 0 Å². The second kappa shape index (κ2) is 73.7. The Bertz CT molecular complexity index is 2290. The molecule has 0 rings (SSSR count). The molecule has 0 bridgehead atoms. The number of ether oxygens (including phenoxy) is 3. The summed E-state index contributed by atoms with van der Waals surface area (Å²) in [4.78, 5) is 58.7. The topological polar surface area (TPSA) is 231 Å². The van der Waals surface area contributed by atoms with Crippen molar-refractivity contribution in [2.75, 3.05) is 39.6 Å². The first-order chi connectivity index (χ1) is 48.2. The Morgan fingerprint density at radius 3 is 0.798 bits per heavy atom. The zero-order valence-electron chi connectivity index (χ0n) is 62.1. The molecule has 0 amide bonds. The molecule has 16 nitrogen and oxygen atoms in total. The highest BCUT2D eigenvalue weighted by atomic mass is 31.2. The third-order valence-corrected chi connectivity index (χ3v) is 18.0. The van der Waals surface area contributed by atoms with Crippen molar-refractivity contribution in [2.45, 2.75) is 334 Å². The molecule has 0 aliphatic carbocycles. The van der Waals surface area contributed by atoms with E-state index in [0.29, 0.717) is 19.3 Å². The first-order valence-corrected chi connectivity index (χ1v) is 41.8. The van der Waals surface area contributed by atoms with Crippen LogP contribution in [0.4, 0.5) is 0 Å². The maximum Gasteiger partial charge on any atom is 0.472 e. The number of aliphatic hydroxyl groups excluding tert-OH is 2. The van der Waals surface area contributed by atoms with Gasteiger partial charge in [0.25, 0.3) is 0 Å². The highest BCUT2D eigenvalue weighted by molar-refractivity contribution is 7.47. The molecule has 0 saturated heterocycles. The van der Waals surface area contributed by atoms with Crippen molar-refractivity contribution < 1.29 is 75.8 Å². The van der Waals surface area contributed by atoms with Crippen LogP contribution in [0.25, 0.3) is 0 Å². The van der Waals surface area contributed by atoms with Gasteiger partial charge in [-0.15, -0.1) is 0 Å². The SMILES string of the molecule is CCCCC/C=C\C/C=C\C/C=C\C/C=C\CCCCCCCCCCCC(=O)OCC(O)COP(=O)(O)OCC(O)COP(=O)(O)OCC(COC(=O)CCCCCCCC/C=C\C/C=C\C/C=C\CCCCC)OC(=O)CCCCCCCC/C=C\C/C=C\C/C=C\CCCCC. The Morgan fingerprint density at radius 1 is 0.283 bits per heavy atom. The number of allylic oxidation sites excluding steroid dienone is 20. The minimum absolute atomic E-state index is 0.0846. The van der Waals surface area contributed by atoms with Crippen molar-refractivity contribution in [3.8, 4) is 0 Å². The van der Waals surface area contributed by atoms with E-state index in [1.807, 2.05) is 0 Å². The number of carbonyl (C=O) groups excluding carboxylic acids is 3. The summed E-state index contributed by atoms with van der Waals surface area (Å²) in [5.74, 6) is -1.61. The Morgan fingerprint density at radius 2 is 0.505 bits per heavy atom. The minimum atomic E-state index is -4.94. The average molecular weight is 1430 g/mol. The first kappa shape index (κ1) is 94.9. The van der Waals surface area contributed by atoms with Gasteiger partial charge < -0.3 is 34.2 Å². The smallest absolute Gasteiger partial charge is 0.463 e. The molecule has 0 aromatic carbocycles. The molecule has 0 aromatic heterocycles. The van der Waals surface area contributed by atoms with E-state index in [1.165, 1.54) is 89.9 Å². The first-order valence-electron chi connectivity index (χ1n) is 38.8. The van der Waals surface area contributed by atoms with Gasteiger partial charge in [-0.05, 0) is 141 Å². The fourth-order valence-corrected chi connectivity index (χ4v) is 11.7. The number of phosphoric ester groups is 2. The normalized spacial score (nSPS) is 14.7. The van der Waals surface area contributed by atoms with E-state index in [9.17, 15) is 43.5 Å². The predicted octanol–water partition coefficient (Wildman–Crippen LogP) is 22.5. The molecule has 4 N–H and O–H groups in total. The molecule has 0 heterocycles. The van der Waals surface area contributed by atoms with Crippen molar-refractivity contribution in [1.82, 2.24) is 0 Å². The van der Waals surface area contributed by atoms with Gasteiger partial charge in [-0.3, -0.25) is 32.5 Å². The highest BCUT2D eigenvalue weighted by Gasteiger charge is 2.29. The summed E-state index contributed by atoms with van der Waals surface area (Å²) in [6, 6.07) is 0. The highest BCUT2D eigenvalue weighted by Crippen LogP contribution is 2.45. The van der Waals surface area contributed by atoms with E-state index in [1.54, 1.807) is 0 Å². The average Bonchev–Trinajstić information content (AvgIpc) is 2.90. The predicted molar refractivity (Wildman–Crippen MR) is 408 cm³/mol. The van der Waals surface area contributed by atoms with Crippen LogP contribution in [-0.4, -0.2) is 95.9 Å². The molecule has 570 valence electrons. The van der Waals surface area contributed by atoms with Crippen molar-refractivity contribution >= 4 is 33.6 Å². The van der Waals surface area contributed by atoms with Crippen LogP contribution in [0, 0.1) is 0 Å². The molecule has 0 aromatic rings. The van der Waals surface area contributed by atoms with Gasteiger partial charge in [0.15, 0.2) is 6.10 Å². The summed E-state index contributed by atoms with van der Waals surface area (Å²) in [7, 11) is -9.80. The standard InChI is InChI=1S/C81H140O16P2/c1-4-7-10-13-16-19-22-25-28-31-34-35-36-37-38-39-42-44-46-49-52-55-58-61-64-67-79(84)91-70-76(82)71-93-98(87,88)94-72-77(83)73-95-99(89,90)96-75-78(97-81(86)69-66-63-60-57-54-51-48-45-41-33-30-27-24-21-18-15-12-9-6-3)74-92-80(85)68-65-62-59-56-53-50-47-43-40-32-29-26-23-20-17-14-11-8-5-2/h16-21,25-30,34-35,37-38,40-41,43,45,76-78,82-83H,4-15,22-24,31-33,36,39,42,44,46-75H2,1-3H3,(H,87,88)(H,89,90)/b19-16-,20-17-,21-18-,28-25-,29-26-,30-27-,35-34-,38-37-,43-40-,45-41-. The second-order valence-corrected chi connectivity index (χ2v) is 28.7. The summed E-state index contributed by atoms with van der Waals surface area (Å²) in [6.07, 6.45) is 86.5. The Kier molecular flexibility index (Phi) is 70.7. The monoisotopic (exact) mass is 1430 g/mol. The van der Waals surface area contributed by atoms with E-state index in [0.717, 1.165) is 167 Å². The van der Waals surface area contributed by atoms with Crippen molar-refractivity contribution in [2.24, 2.45) is 0 Å². The van der Waals surface area contributed by atoms with E-state index >= 15 is 0 Å². The lowest BCUT2D eigenvalue weighted by Gasteiger charge is -2.21. The van der Waals surface area contributed by atoms with Gasteiger partial charge in [0.05, 0.1) is 26.4 Å². The van der Waals surface area contributed by atoms with Crippen molar-refractivity contribution in [3.63, 3.8) is 0 Å². The summed E-state index contributed by atoms with van der Waals surface area (Å²) >= 11 is 0. The molecule has 5 atom stereocenters. The Labute approximate surface area is 602 Å². The van der Waals surface area contributed by atoms with Crippen molar-refractivity contribution in [3.05, 3.63) is 122 Å². The van der Waals surface area contributed by atoms with Gasteiger partial charge in [0.2, 0.25) is 0 Å². The molecule has 0 radical (unpaired) electrons. The quantitative estimate of drug-likeness (QED) is 0.0146. The van der Waals surface area contributed by atoms with Crippen LogP contribution in [0.2, 0.25) is 0 Å². The third kappa shape index (κ3) is 74.9. The van der Waals surface area contributed by atoms with E-state index < -0.39 is 91.5 Å². The fraction of sp³-hybridized carbons (Fsp3) is 0.716. The van der Waals surface area contributed by atoms with Gasteiger partial charge in [-0.1, -0.05) is 277 Å². The molecule has 0 saturated carbocycles. The number of carbonyl (C=O) groups is 3. The zero-order valence-corrected chi connectivity index (χ0v) is 63.9. The number of aliphatic hydroxyl groups is 2. The molecule has 0 aliphatic rings. The van der Waals surface area contributed by atoms with Crippen LogP contribution in [0.15, 0.2) is 122 Å². The molecule has 5 unspecified atom stereocenters. The summed E-state index contributed by atoms with van der Waals surface area (Å²) in [5, 5.41) is 20.6. The van der Waals surface area contributed by atoms with Crippen molar-refractivity contribution in [1.29, 1.82) is 0 Å². The maximum atomic E-state index is 13.0. The molecule has 0 spiro atoms. The molecule has 0 fully saturated rings. The van der Waals surface area contributed by atoms with Crippen LogP contribution in [-0.2, 0) is 55.8 Å². The van der Waals surface area contributed by atoms with Crippen LogP contribution in [0.1, 0.15) is 316 Å². The van der Waals surface area contributed by atoms with Gasteiger partial charge >= 0.3 is 33.6 Å². The number of unbranched alkanes of at least 4 members (excludes halogenated alkanes) is 30. The molecule has 99 heavy (non-hydrogen) atoms. The number of hydrogen-bond donors (Lipinski definition) is 4. The number of esters is 3. The molecule has 0 aliphatic heterocycles. The number of hydrogen-bond acceptors (Lipinski definition) is 14. The Balaban J connectivity index is 4.66. The van der Waals surface area contributed by atoms with E-state index in [2.05, 4.69) is 142 Å². The van der Waals surface area contributed by atoms with Crippen LogP contribution in [0.5, 0.6) is 0 Å².